The minimum atomic E-state index is -0.910. The van der Waals surface area contributed by atoms with Crippen molar-refractivity contribution in [1.82, 2.24) is 0 Å². The first-order valence-corrected chi connectivity index (χ1v) is 15.4. The predicted octanol–water partition coefficient (Wildman–Crippen LogP) is 8.61. The molecule has 0 heterocycles. The summed E-state index contributed by atoms with van der Waals surface area (Å²) < 4.78 is 34.9. The Morgan fingerprint density at radius 1 is 0.667 bits per heavy atom. The van der Waals surface area contributed by atoms with E-state index in [4.69, 9.17) is 4.74 Å². The molecule has 0 amide bonds. The topological polar surface area (TPSA) is 9.23 Å². The van der Waals surface area contributed by atoms with Crippen LogP contribution in [0.4, 0.5) is 8.78 Å². The molecular formula is C29H36F2OSi. The lowest BCUT2D eigenvalue weighted by Gasteiger charge is -2.11. The van der Waals surface area contributed by atoms with Gasteiger partial charge in [0.15, 0.2) is 11.6 Å². The molecule has 0 spiro atoms. The zero-order valence-corrected chi connectivity index (χ0v) is 21.3. The lowest BCUT2D eigenvalue weighted by atomic mass is 9.99. The number of halogens is 2. The molecule has 0 saturated carbocycles. The first-order valence-electron chi connectivity index (χ1n) is 12.3. The van der Waals surface area contributed by atoms with Gasteiger partial charge in [-0.2, -0.15) is 4.39 Å². The minimum Gasteiger partial charge on any atom is -0.490 e. The standard InChI is InChI=1S/C29H36F2OSi/c1-4-5-6-7-8-9-20-32-27-19-18-26(28(30)29(27)31)25-16-14-24(15-17-25)23-12-10-22(11-13-23)21-33(2)3/h10-19,33H,4-9,20-21H2,1-3H3. The summed E-state index contributed by atoms with van der Waals surface area (Å²) >= 11 is 0. The van der Waals surface area contributed by atoms with Crippen molar-refractivity contribution in [2.45, 2.75) is 64.6 Å². The second-order valence-corrected chi connectivity index (χ2v) is 12.4. The smallest absolute Gasteiger partial charge is 0.201 e. The quantitative estimate of drug-likeness (QED) is 0.192. The average Bonchev–Trinajstić information content (AvgIpc) is 2.81. The molecular weight excluding hydrogens is 430 g/mol. The molecule has 0 N–H and O–H groups in total. The molecule has 0 saturated heterocycles. The van der Waals surface area contributed by atoms with Gasteiger partial charge >= 0.3 is 0 Å². The largest absolute Gasteiger partial charge is 0.490 e. The van der Waals surface area contributed by atoms with Gasteiger partial charge in [0.05, 0.1) is 6.61 Å². The Morgan fingerprint density at radius 2 is 1.24 bits per heavy atom. The summed E-state index contributed by atoms with van der Waals surface area (Å²) in [6.45, 7) is 7.30. The van der Waals surface area contributed by atoms with Gasteiger partial charge in [0.2, 0.25) is 5.82 Å². The third kappa shape index (κ3) is 7.26. The lowest BCUT2D eigenvalue weighted by molar-refractivity contribution is 0.285. The fourth-order valence-electron chi connectivity index (χ4n) is 4.08. The van der Waals surface area contributed by atoms with Crippen molar-refractivity contribution in [1.29, 1.82) is 0 Å². The van der Waals surface area contributed by atoms with Crippen LogP contribution in [0.25, 0.3) is 22.3 Å². The third-order valence-corrected chi connectivity index (χ3v) is 7.22. The van der Waals surface area contributed by atoms with Crippen LogP contribution in [0.1, 0.15) is 51.0 Å². The Labute approximate surface area is 199 Å². The number of rotatable bonds is 12. The van der Waals surface area contributed by atoms with Crippen molar-refractivity contribution in [3.05, 3.63) is 77.9 Å². The van der Waals surface area contributed by atoms with Gasteiger partial charge in [-0.1, -0.05) is 106 Å². The van der Waals surface area contributed by atoms with Crippen LogP contribution in [0.2, 0.25) is 13.1 Å². The van der Waals surface area contributed by atoms with Gasteiger partial charge in [0.25, 0.3) is 0 Å². The van der Waals surface area contributed by atoms with E-state index >= 15 is 0 Å². The van der Waals surface area contributed by atoms with E-state index in [0.29, 0.717) is 12.2 Å². The first-order chi connectivity index (χ1) is 16.0. The van der Waals surface area contributed by atoms with Crippen LogP contribution < -0.4 is 4.74 Å². The molecule has 3 aromatic carbocycles. The third-order valence-electron chi connectivity index (χ3n) is 5.93. The second-order valence-electron chi connectivity index (χ2n) is 9.23. The summed E-state index contributed by atoms with van der Waals surface area (Å²) in [5, 5.41) is 0. The maximum atomic E-state index is 14.8. The summed E-state index contributed by atoms with van der Waals surface area (Å²) in [6.07, 6.45) is 6.74. The molecule has 0 aromatic heterocycles. The van der Waals surface area contributed by atoms with E-state index < -0.39 is 20.4 Å². The second kappa shape index (κ2) is 12.7. The van der Waals surface area contributed by atoms with E-state index in [0.717, 1.165) is 30.4 Å². The monoisotopic (exact) mass is 466 g/mol. The fourth-order valence-corrected chi connectivity index (χ4v) is 5.29. The number of ether oxygens (including phenoxy) is 1. The van der Waals surface area contributed by atoms with Crippen LogP contribution in [0.15, 0.2) is 60.7 Å². The highest BCUT2D eigenvalue weighted by Crippen LogP contribution is 2.31. The molecule has 0 bridgehead atoms. The van der Waals surface area contributed by atoms with Crippen LogP contribution in [0.5, 0.6) is 5.75 Å². The molecule has 1 nitrogen and oxygen atoms in total. The van der Waals surface area contributed by atoms with Gasteiger partial charge in [-0.3, -0.25) is 0 Å². The van der Waals surface area contributed by atoms with Gasteiger partial charge < -0.3 is 4.74 Å². The SMILES string of the molecule is CCCCCCCCOc1ccc(-c2ccc(-c3ccc(C[SiH](C)C)cc3)cc2)c(F)c1F. The van der Waals surface area contributed by atoms with Crippen LogP contribution in [0, 0.1) is 11.6 Å². The van der Waals surface area contributed by atoms with E-state index in [1.807, 2.05) is 24.3 Å². The molecule has 0 radical (unpaired) electrons. The van der Waals surface area contributed by atoms with Gasteiger partial charge in [-0.25, -0.2) is 4.39 Å². The zero-order valence-electron chi connectivity index (χ0n) is 20.2. The fraction of sp³-hybridized carbons (Fsp3) is 0.379. The van der Waals surface area contributed by atoms with E-state index in [1.165, 1.54) is 36.9 Å². The van der Waals surface area contributed by atoms with E-state index in [2.05, 4.69) is 44.3 Å². The molecule has 4 heteroatoms. The summed E-state index contributed by atoms with van der Waals surface area (Å²) in [7, 11) is -0.631. The van der Waals surface area contributed by atoms with Gasteiger partial charge in [0, 0.05) is 14.4 Å². The molecule has 0 atom stereocenters. The Kier molecular flexibility index (Phi) is 9.68. The molecule has 0 fully saturated rings. The molecule has 3 rings (SSSR count). The zero-order chi connectivity index (χ0) is 23.6. The van der Waals surface area contributed by atoms with E-state index in [1.54, 1.807) is 6.07 Å². The lowest BCUT2D eigenvalue weighted by Crippen LogP contribution is -2.04. The maximum absolute atomic E-state index is 14.8. The van der Waals surface area contributed by atoms with Gasteiger partial charge in [-0.15, -0.1) is 0 Å². The predicted molar refractivity (Wildman–Crippen MR) is 139 cm³/mol. The number of unbranched alkanes of at least 4 members (excludes halogenated alkanes) is 5. The number of hydrogen-bond donors (Lipinski definition) is 0. The highest BCUT2D eigenvalue weighted by atomic mass is 28.3. The van der Waals surface area contributed by atoms with Crippen LogP contribution >= 0.6 is 0 Å². The molecule has 0 unspecified atom stereocenters. The normalized spacial score (nSPS) is 11.2. The summed E-state index contributed by atoms with van der Waals surface area (Å²) in [5.41, 5.74) is 4.48. The van der Waals surface area contributed by atoms with E-state index in [9.17, 15) is 8.78 Å². The molecule has 3 aromatic rings. The van der Waals surface area contributed by atoms with Crippen molar-refractivity contribution in [2.75, 3.05) is 6.61 Å². The molecule has 33 heavy (non-hydrogen) atoms. The number of benzene rings is 3. The summed E-state index contributed by atoms with van der Waals surface area (Å²) in [5.74, 6) is -1.77. The number of hydrogen-bond acceptors (Lipinski definition) is 1. The van der Waals surface area contributed by atoms with Crippen molar-refractivity contribution in [3.8, 4) is 28.0 Å². The molecule has 0 aliphatic rings. The van der Waals surface area contributed by atoms with Crippen LogP contribution in [-0.2, 0) is 6.04 Å². The van der Waals surface area contributed by atoms with Crippen LogP contribution in [0.3, 0.4) is 0 Å². The van der Waals surface area contributed by atoms with Crippen molar-refractivity contribution in [2.24, 2.45) is 0 Å². The Hall–Kier alpha value is -2.46. The van der Waals surface area contributed by atoms with Gasteiger partial charge in [0.1, 0.15) is 0 Å². The highest BCUT2D eigenvalue weighted by Gasteiger charge is 2.16. The summed E-state index contributed by atoms with van der Waals surface area (Å²) in [4.78, 5) is 0. The van der Waals surface area contributed by atoms with Gasteiger partial charge in [-0.05, 0) is 41.3 Å². The highest BCUT2D eigenvalue weighted by molar-refractivity contribution is 6.55. The Morgan fingerprint density at radius 3 is 1.88 bits per heavy atom. The molecule has 0 aliphatic carbocycles. The van der Waals surface area contributed by atoms with Crippen molar-refractivity contribution < 1.29 is 13.5 Å². The average molecular weight is 467 g/mol. The Balaban J connectivity index is 1.63. The molecule has 176 valence electrons. The molecule has 0 aliphatic heterocycles. The van der Waals surface area contributed by atoms with Crippen molar-refractivity contribution >= 4 is 8.80 Å². The summed E-state index contributed by atoms with van der Waals surface area (Å²) in [6, 6.07) is 20.6. The minimum absolute atomic E-state index is 0.00835. The van der Waals surface area contributed by atoms with E-state index in [-0.39, 0.29) is 11.3 Å². The Bertz CT molecular complexity index is 997. The van der Waals surface area contributed by atoms with Crippen LogP contribution in [-0.4, -0.2) is 15.4 Å². The first kappa shape index (κ1) is 25.2. The maximum Gasteiger partial charge on any atom is 0.201 e. The van der Waals surface area contributed by atoms with Crippen molar-refractivity contribution in [3.63, 3.8) is 0 Å².